The van der Waals surface area contributed by atoms with Gasteiger partial charge in [-0.15, -0.1) is 0 Å². The third-order valence-corrected chi connectivity index (χ3v) is 0. The van der Waals surface area contributed by atoms with Gasteiger partial charge in [-0.1, -0.05) is 0 Å². The smallest absolute Gasteiger partial charge is 0.0149 e. The van der Waals surface area contributed by atoms with Crippen LogP contribution in [-0.2, 0) is 17.1 Å². The fourth-order valence-corrected chi connectivity index (χ4v) is 0. The number of hydrogen-bond donors (Lipinski definition) is 0. The summed E-state index contributed by atoms with van der Waals surface area (Å²) in [5.41, 5.74) is 0. The fourth-order valence-electron chi connectivity index (χ4n) is 0. The van der Waals surface area contributed by atoms with Gasteiger partial charge in [0.2, 0.25) is 0 Å². The van der Waals surface area contributed by atoms with Gasteiger partial charge in [0.1, 0.15) is 0 Å². The van der Waals surface area contributed by atoms with Crippen molar-refractivity contribution in [2.75, 3.05) is 0 Å². The van der Waals surface area contributed by atoms with E-state index < -0.39 is 0 Å². The monoisotopic (exact) mass is 130 g/mol. The Morgan fingerprint density at radius 1 is 1.00 bits per heavy atom. The van der Waals surface area contributed by atoms with Crippen LogP contribution in [-0.4, -0.2) is 39.5 Å². The van der Waals surface area contributed by atoms with E-state index >= 15 is 0 Å². The van der Waals surface area contributed by atoms with Crippen molar-refractivity contribution in [3.05, 3.63) is 0 Å². The van der Waals surface area contributed by atoms with Gasteiger partial charge in [0.25, 0.3) is 0 Å². The van der Waals surface area contributed by atoms with Gasteiger partial charge < -0.3 is 5.48 Å². The zero-order valence-electron chi connectivity index (χ0n) is 1.80. The molecule has 0 aliphatic heterocycles. The molecule has 0 aromatic carbocycles. The van der Waals surface area contributed by atoms with Crippen molar-refractivity contribution < 1.29 is 22.5 Å². The van der Waals surface area contributed by atoms with Gasteiger partial charge in [-0.3, -0.25) is 0 Å². The second-order valence-corrected chi connectivity index (χ2v) is 0. The summed E-state index contributed by atoms with van der Waals surface area (Å²) in [4.78, 5) is 0. The van der Waals surface area contributed by atoms with Gasteiger partial charge >= 0.3 is 23.1 Å². The molecule has 0 saturated carbocycles. The Balaban J connectivity index is 0. The average molecular weight is 130 g/mol. The van der Waals surface area contributed by atoms with Crippen molar-refractivity contribution >= 4 is 34.0 Å². The number of rotatable bonds is 0. The summed E-state index contributed by atoms with van der Waals surface area (Å²) < 4.78 is 0. The molecule has 0 aliphatic rings. The van der Waals surface area contributed by atoms with Crippen molar-refractivity contribution in [2.24, 2.45) is 0 Å². The Kier molecular flexibility index (Phi) is 318. The standard InChI is InChI=1S/Fe.Mg.H2O.H4Si.H/h;;1H2;1H4;/q;+1;;;/p-1. The van der Waals surface area contributed by atoms with Crippen LogP contribution in [0.4, 0.5) is 0 Å². The Morgan fingerprint density at radius 2 is 1.00 bits per heavy atom. The maximum atomic E-state index is 0. The maximum absolute atomic E-state index is 0. The third kappa shape index (κ3) is 9.82. The SMILES string of the molecule is [Fe].[MgH+].[OH-].[SiH4]. The predicted molar refractivity (Wildman–Crippen MR) is 20.4 cm³/mol. The summed E-state index contributed by atoms with van der Waals surface area (Å²) in [6, 6.07) is 0. The third-order valence-electron chi connectivity index (χ3n) is 0. The van der Waals surface area contributed by atoms with Gasteiger partial charge in [0, 0.05) is 17.1 Å². The minimum Gasteiger partial charge on any atom is -0.870 e. The molecule has 0 atom stereocenters. The molecule has 0 radical (unpaired) electrons. The molecule has 0 aromatic heterocycles. The molecule has 0 aromatic rings. The second-order valence-electron chi connectivity index (χ2n) is 0. The molecule has 0 saturated heterocycles. The predicted octanol–water partition coefficient (Wildman–Crippen LogP) is -2.28. The van der Waals surface area contributed by atoms with E-state index in [1.54, 1.807) is 0 Å². The van der Waals surface area contributed by atoms with Crippen molar-refractivity contribution in [2.45, 2.75) is 0 Å². The first-order valence-electron chi connectivity index (χ1n) is 0. The Hall–Kier alpha value is 1.46. The summed E-state index contributed by atoms with van der Waals surface area (Å²) in [6.45, 7) is 0. The zero-order valence-corrected chi connectivity index (χ0v) is 4.90. The Bertz CT molecular complexity index is 8.00. The quantitative estimate of drug-likeness (QED) is 0.340. The molecule has 4 heavy (non-hydrogen) atoms. The zero-order chi connectivity index (χ0) is 0. The molecule has 0 spiro atoms. The molecule has 0 unspecified atom stereocenters. The van der Waals surface area contributed by atoms with E-state index in [-0.39, 0.29) is 56.6 Å². The second kappa shape index (κ2) is 25.0. The van der Waals surface area contributed by atoms with Crippen LogP contribution in [0.15, 0.2) is 0 Å². The van der Waals surface area contributed by atoms with Crippen molar-refractivity contribution in [1.29, 1.82) is 0 Å². The Labute approximate surface area is 56.5 Å². The largest absolute Gasteiger partial charge is 0.870 e. The van der Waals surface area contributed by atoms with Crippen molar-refractivity contribution in [3.63, 3.8) is 0 Å². The van der Waals surface area contributed by atoms with Gasteiger partial charge in [-0.25, -0.2) is 0 Å². The van der Waals surface area contributed by atoms with Crippen LogP contribution < -0.4 is 0 Å². The molecule has 1 nitrogen and oxygen atoms in total. The van der Waals surface area contributed by atoms with E-state index in [9.17, 15) is 0 Å². The summed E-state index contributed by atoms with van der Waals surface area (Å²) in [6.07, 6.45) is 0. The van der Waals surface area contributed by atoms with E-state index in [4.69, 9.17) is 0 Å². The Morgan fingerprint density at radius 3 is 1.00 bits per heavy atom. The van der Waals surface area contributed by atoms with Crippen LogP contribution in [0.5, 0.6) is 0 Å². The normalized spacial score (nSPS) is 0. The van der Waals surface area contributed by atoms with E-state index in [2.05, 4.69) is 0 Å². The molecule has 0 aliphatic carbocycles. The van der Waals surface area contributed by atoms with Crippen LogP contribution in [0.2, 0.25) is 0 Å². The molecule has 0 fully saturated rings. The van der Waals surface area contributed by atoms with E-state index in [1.807, 2.05) is 0 Å². The molecular formula is H6FeMgOSi. The molecule has 1 N–H and O–H groups in total. The van der Waals surface area contributed by atoms with Crippen molar-refractivity contribution in [1.82, 2.24) is 0 Å². The number of hydrogen-bond acceptors (Lipinski definition) is 1. The first-order chi connectivity index (χ1) is 0. The summed E-state index contributed by atoms with van der Waals surface area (Å²) >= 11 is 0. The summed E-state index contributed by atoms with van der Waals surface area (Å²) in [7, 11) is 0. The molecule has 0 amide bonds. The van der Waals surface area contributed by atoms with Gasteiger partial charge in [0.05, 0.1) is 0 Å². The van der Waals surface area contributed by atoms with Gasteiger partial charge in [-0.2, -0.15) is 0 Å². The van der Waals surface area contributed by atoms with Crippen LogP contribution in [0.3, 0.4) is 0 Å². The molecule has 0 bridgehead atoms. The summed E-state index contributed by atoms with van der Waals surface area (Å²) in [5.74, 6) is 0. The first-order valence-corrected chi connectivity index (χ1v) is 0. The molecule has 26 valence electrons. The average Bonchev–Trinajstić information content (AvgIpc) is 0. The van der Waals surface area contributed by atoms with Gasteiger partial charge in [-0.05, 0) is 11.0 Å². The van der Waals surface area contributed by atoms with Crippen LogP contribution in [0, 0.1) is 0 Å². The van der Waals surface area contributed by atoms with Crippen LogP contribution >= 0.6 is 0 Å². The van der Waals surface area contributed by atoms with E-state index in [1.165, 1.54) is 0 Å². The molecule has 0 heterocycles. The van der Waals surface area contributed by atoms with Crippen LogP contribution in [0.1, 0.15) is 0 Å². The van der Waals surface area contributed by atoms with E-state index in [0.717, 1.165) is 0 Å². The fraction of sp³-hybridized carbons (Fsp3) is 0. The molecule has 0 rings (SSSR count). The molecular weight excluding hydrogens is 124 g/mol. The first kappa shape index (κ1) is 50.9. The minimum atomic E-state index is 0. The maximum Gasteiger partial charge on any atom is -0.0149 e. The van der Waals surface area contributed by atoms with Crippen LogP contribution in [0.25, 0.3) is 0 Å². The van der Waals surface area contributed by atoms with Crippen molar-refractivity contribution in [3.8, 4) is 0 Å². The topological polar surface area (TPSA) is 30.0 Å². The minimum absolute atomic E-state index is 0. The van der Waals surface area contributed by atoms with E-state index in [0.29, 0.717) is 0 Å². The van der Waals surface area contributed by atoms with Gasteiger partial charge in [0.15, 0.2) is 0 Å². The molecule has 4 heteroatoms. The summed E-state index contributed by atoms with van der Waals surface area (Å²) in [5, 5.41) is 0.